The van der Waals surface area contributed by atoms with Crippen LogP contribution in [-0.2, 0) is 0 Å². The molecule has 3 heterocycles. The number of ether oxygens (including phenoxy) is 2. The lowest BCUT2D eigenvalue weighted by molar-refractivity contribution is 0.0740. The lowest BCUT2D eigenvalue weighted by Crippen LogP contribution is -2.30. The van der Waals surface area contributed by atoms with Crippen molar-refractivity contribution >= 4 is 28.6 Å². The van der Waals surface area contributed by atoms with E-state index >= 15 is 0 Å². The maximum absolute atomic E-state index is 13.3. The SMILES string of the molecule is COc1ccc(-c2nc(C)c(C(=O)N3CCCC3c3ccsc3)s2)cc1OC. The standard InChI is InChI=1S/C21H22N2O3S2/c1-13-19(21(24)23-9-4-5-16(23)15-8-10-27-12-15)28-20(22-13)14-6-7-17(25-2)18(11-14)26-3/h6-8,10-12,16H,4-5,9H2,1-3H3. The van der Waals surface area contributed by atoms with Crippen LogP contribution in [0.15, 0.2) is 35.0 Å². The second kappa shape index (κ2) is 7.93. The fraction of sp³-hybridized carbons (Fsp3) is 0.333. The number of likely N-dealkylation sites (tertiary alicyclic amines) is 1. The Morgan fingerprint density at radius 2 is 2.04 bits per heavy atom. The summed E-state index contributed by atoms with van der Waals surface area (Å²) in [4.78, 5) is 20.7. The van der Waals surface area contributed by atoms with Crippen LogP contribution in [0, 0.1) is 6.92 Å². The number of thiazole rings is 1. The number of carbonyl (C=O) groups is 1. The van der Waals surface area contributed by atoms with Gasteiger partial charge in [-0.3, -0.25) is 4.79 Å². The van der Waals surface area contributed by atoms with E-state index in [1.807, 2.05) is 30.0 Å². The number of hydrogen-bond acceptors (Lipinski definition) is 6. The summed E-state index contributed by atoms with van der Waals surface area (Å²) in [6.07, 6.45) is 2.05. The molecule has 2 aromatic heterocycles. The van der Waals surface area contributed by atoms with Gasteiger partial charge in [0.2, 0.25) is 0 Å². The van der Waals surface area contributed by atoms with Crippen molar-refractivity contribution in [3.05, 3.63) is 51.2 Å². The van der Waals surface area contributed by atoms with Gasteiger partial charge in [0.1, 0.15) is 9.88 Å². The van der Waals surface area contributed by atoms with E-state index in [0.29, 0.717) is 16.4 Å². The molecule has 0 spiro atoms. The summed E-state index contributed by atoms with van der Waals surface area (Å²) in [5.74, 6) is 1.40. The molecule has 0 radical (unpaired) electrons. The minimum absolute atomic E-state index is 0.0791. The molecule has 1 aromatic carbocycles. The maximum atomic E-state index is 13.3. The van der Waals surface area contributed by atoms with Crippen molar-refractivity contribution in [1.29, 1.82) is 0 Å². The molecule has 5 nitrogen and oxygen atoms in total. The topological polar surface area (TPSA) is 51.7 Å². The highest BCUT2D eigenvalue weighted by molar-refractivity contribution is 7.17. The van der Waals surface area contributed by atoms with Gasteiger partial charge in [-0.25, -0.2) is 4.98 Å². The van der Waals surface area contributed by atoms with Crippen molar-refractivity contribution in [3.63, 3.8) is 0 Å². The van der Waals surface area contributed by atoms with Gasteiger partial charge in [-0.05, 0) is 60.4 Å². The molecule has 1 fully saturated rings. The number of aryl methyl sites for hydroxylation is 1. The number of amides is 1. The molecule has 1 atom stereocenters. The van der Waals surface area contributed by atoms with Crippen molar-refractivity contribution in [2.45, 2.75) is 25.8 Å². The third kappa shape index (κ3) is 3.40. The number of carbonyl (C=O) groups excluding carboxylic acids is 1. The fourth-order valence-electron chi connectivity index (χ4n) is 3.64. The molecule has 1 unspecified atom stereocenters. The largest absolute Gasteiger partial charge is 0.493 e. The molecule has 3 aromatic rings. The minimum atomic E-state index is 0.0791. The first-order valence-electron chi connectivity index (χ1n) is 9.15. The molecular formula is C21H22N2O3S2. The number of benzene rings is 1. The number of thiophene rings is 1. The van der Waals surface area contributed by atoms with Crippen LogP contribution in [0.2, 0.25) is 0 Å². The normalized spacial score (nSPS) is 16.4. The molecule has 1 amide bonds. The lowest BCUT2D eigenvalue weighted by atomic mass is 10.1. The number of rotatable bonds is 5. The Bertz CT molecular complexity index is 982. The maximum Gasteiger partial charge on any atom is 0.266 e. The molecule has 4 rings (SSSR count). The summed E-state index contributed by atoms with van der Waals surface area (Å²) in [6, 6.07) is 7.99. The van der Waals surface area contributed by atoms with Gasteiger partial charge in [-0.2, -0.15) is 11.3 Å². The average molecular weight is 415 g/mol. The highest BCUT2D eigenvalue weighted by atomic mass is 32.1. The van der Waals surface area contributed by atoms with Crippen LogP contribution >= 0.6 is 22.7 Å². The van der Waals surface area contributed by atoms with E-state index in [-0.39, 0.29) is 11.9 Å². The van der Waals surface area contributed by atoms with Crippen LogP contribution in [0.25, 0.3) is 10.6 Å². The molecule has 0 N–H and O–H groups in total. The predicted octanol–water partition coefficient (Wildman–Crippen LogP) is 5.17. The zero-order valence-corrected chi connectivity index (χ0v) is 17.7. The van der Waals surface area contributed by atoms with Crippen LogP contribution in [0.5, 0.6) is 11.5 Å². The number of aromatic nitrogens is 1. The third-order valence-corrected chi connectivity index (χ3v) is 6.96. The third-order valence-electron chi connectivity index (χ3n) is 5.06. The fourth-order valence-corrected chi connectivity index (χ4v) is 5.36. The van der Waals surface area contributed by atoms with Crippen LogP contribution in [0.3, 0.4) is 0 Å². The van der Waals surface area contributed by atoms with E-state index in [1.54, 1.807) is 25.6 Å². The van der Waals surface area contributed by atoms with Gasteiger partial charge in [-0.15, -0.1) is 11.3 Å². The van der Waals surface area contributed by atoms with Gasteiger partial charge in [0.25, 0.3) is 5.91 Å². The molecule has 1 aliphatic heterocycles. The lowest BCUT2D eigenvalue weighted by Gasteiger charge is -2.23. The Hall–Kier alpha value is -2.38. The van der Waals surface area contributed by atoms with E-state index in [2.05, 4.69) is 21.8 Å². The predicted molar refractivity (Wildman–Crippen MR) is 113 cm³/mol. The van der Waals surface area contributed by atoms with Crippen molar-refractivity contribution < 1.29 is 14.3 Å². The van der Waals surface area contributed by atoms with Gasteiger partial charge in [0.15, 0.2) is 11.5 Å². The zero-order chi connectivity index (χ0) is 19.7. The van der Waals surface area contributed by atoms with Gasteiger partial charge in [0, 0.05) is 12.1 Å². The number of nitrogens with zero attached hydrogens (tertiary/aromatic N) is 2. The first-order chi connectivity index (χ1) is 13.6. The van der Waals surface area contributed by atoms with Gasteiger partial charge in [0.05, 0.1) is 26.0 Å². The molecule has 0 bridgehead atoms. The molecule has 1 saturated heterocycles. The van der Waals surface area contributed by atoms with Crippen LogP contribution < -0.4 is 9.47 Å². The summed E-state index contributed by atoms with van der Waals surface area (Å²) >= 11 is 3.12. The van der Waals surface area contributed by atoms with Crippen LogP contribution in [-0.4, -0.2) is 36.6 Å². The molecule has 0 aliphatic carbocycles. The molecule has 28 heavy (non-hydrogen) atoms. The molecular weight excluding hydrogens is 392 g/mol. The smallest absolute Gasteiger partial charge is 0.266 e. The molecule has 1 aliphatic rings. The highest BCUT2D eigenvalue weighted by Crippen LogP contribution is 2.38. The van der Waals surface area contributed by atoms with Crippen LogP contribution in [0.1, 0.15) is 39.8 Å². The van der Waals surface area contributed by atoms with E-state index in [4.69, 9.17) is 9.47 Å². The van der Waals surface area contributed by atoms with E-state index in [1.165, 1.54) is 16.9 Å². The Kier molecular flexibility index (Phi) is 5.37. The Balaban J connectivity index is 1.63. The molecule has 7 heteroatoms. The Morgan fingerprint density at radius 3 is 2.75 bits per heavy atom. The molecule has 0 saturated carbocycles. The first kappa shape index (κ1) is 19.0. The van der Waals surface area contributed by atoms with E-state index in [9.17, 15) is 4.79 Å². The first-order valence-corrected chi connectivity index (χ1v) is 10.9. The van der Waals surface area contributed by atoms with Crippen molar-refractivity contribution in [2.24, 2.45) is 0 Å². The number of hydrogen-bond donors (Lipinski definition) is 0. The quantitative estimate of drug-likeness (QED) is 0.578. The summed E-state index contributed by atoms with van der Waals surface area (Å²) in [5, 5.41) is 5.03. The average Bonchev–Trinajstić information content (AvgIpc) is 3.46. The van der Waals surface area contributed by atoms with Gasteiger partial charge < -0.3 is 14.4 Å². The zero-order valence-electron chi connectivity index (χ0n) is 16.1. The summed E-state index contributed by atoms with van der Waals surface area (Å²) in [5.41, 5.74) is 2.93. The van der Waals surface area contributed by atoms with E-state index in [0.717, 1.165) is 35.7 Å². The second-order valence-corrected chi connectivity index (χ2v) is 8.50. The Morgan fingerprint density at radius 1 is 1.21 bits per heavy atom. The van der Waals surface area contributed by atoms with Crippen LogP contribution in [0.4, 0.5) is 0 Å². The second-order valence-electron chi connectivity index (χ2n) is 6.72. The minimum Gasteiger partial charge on any atom is -0.493 e. The van der Waals surface area contributed by atoms with Crippen molar-refractivity contribution in [1.82, 2.24) is 9.88 Å². The van der Waals surface area contributed by atoms with Gasteiger partial charge in [-0.1, -0.05) is 0 Å². The molecule has 146 valence electrons. The monoisotopic (exact) mass is 414 g/mol. The number of methoxy groups -OCH3 is 2. The summed E-state index contributed by atoms with van der Waals surface area (Å²) in [7, 11) is 3.23. The Labute approximate surface area is 172 Å². The summed E-state index contributed by atoms with van der Waals surface area (Å²) in [6.45, 7) is 2.70. The summed E-state index contributed by atoms with van der Waals surface area (Å²) < 4.78 is 10.7. The van der Waals surface area contributed by atoms with Crippen molar-refractivity contribution in [2.75, 3.05) is 20.8 Å². The van der Waals surface area contributed by atoms with Crippen molar-refractivity contribution in [3.8, 4) is 22.1 Å². The van der Waals surface area contributed by atoms with Gasteiger partial charge >= 0.3 is 0 Å². The van der Waals surface area contributed by atoms with E-state index < -0.39 is 0 Å². The highest BCUT2D eigenvalue weighted by Gasteiger charge is 2.32.